The molecule has 0 aliphatic carbocycles. The Morgan fingerprint density at radius 1 is 1.43 bits per heavy atom. The van der Waals surface area contributed by atoms with E-state index in [1.54, 1.807) is 29.3 Å². The normalized spacial score (nSPS) is 11.2. The van der Waals surface area contributed by atoms with Crippen molar-refractivity contribution in [3.8, 4) is 5.75 Å². The van der Waals surface area contributed by atoms with Crippen molar-refractivity contribution in [3.63, 3.8) is 0 Å². The Balaban J connectivity index is 1.83. The second-order valence-electron chi connectivity index (χ2n) is 4.69. The number of aromatic nitrogens is 3. The highest BCUT2D eigenvalue weighted by Crippen LogP contribution is 2.18. The fourth-order valence-electron chi connectivity index (χ4n) is 1.99. The van der Waals surface area contributed by atoms with Crippen molar-refractivity contribution in [1.29, 1.82) is 0 Å². The summed E-state index contributed by atoms with van der Waals surface area (Å²) >= 11 is 10.3. The van der Waals surface area contributed by atoms with Crippen molar-refractivity contribution in [2.24, 2.45) is 5.10 Å². The summed E-state index contributed by atoms with van der Waals surface area (Å²) in [6, 6.07) is 9.85. The summed E-state index contributed by atoms with van der Waals surface area (Å²) in [5.74, 6) is 1.58. The summed E-state index contributed by atoms with van der Waals surface area (Å²) in [5.41, 5.74) is 1.11. The SMILES string of the molecule is COc1ccc(Cc2n[nH]c(=S)n2/N=C\c2cc(Br)cs2)cc1. The molecular formula is C15H13BrN4OS2. The molecule has 0 aliphatic heterocycles. The Kier molecular flexibility index (Phi) is 5.04. The number of halogens is 1. The lowest BCUT2D eigenvalue weighted by Gasteiger charge is -2.03. The van der Waals surface area contributed by atoms with Gasteiger partial charge < -0.3 is 4.74 Å². The molecule has 1 aromatic carbocycles. The molecule has 2 heterocycles. The van der Waals surface area contributed by atoms with Crippen LogP contribution in [0.5, 0.6) is 5.75 Å². The highest BCUT2D eigenvalue weighted by atomic mass is 79.9. The first kappa shape index (κ1) is 16.1. The van der Waals surface area contributed by atoms with Gasteiger partial charge in [0.2, 0.25) is 4.77 Å². The van der Waals surface area contributed by atoms with E-state index in [1.165, 1.54) is 0 Å². The molecule has 0 bridgehead atoms. The molecule has 0 radical (unpaired) electrons. The van der Waals surface area contributed by atoms with Crippen LogP contribution in [0.4, 0.5) is 0 Å². The van der Waals surface area contributed by atoms with Gasteiger partial charge in [0.25, 0.3) is 0 Å². The van der Waals surface area contributed by atoms with E-state index in [0.29, 0.717) is 11.2 Å². The Morgan fingerprint density at radius 3 is 2.87 bits per heavy atom. The first-order chi connectivity index (χ1) is 11.2. The van der Waals surface area contributed by atoms with E-state index in [1.807, 2.05) is 35.7 Å². The number of thiophene rings is 1. The minimum atomic E-state index is 0.473. The first-order valence-corrected chi connectivity index (χ1v) is 8.81. The number of hydrogen-bond donors (Lipinski definition) is 1. The van der Waals surface area contributed by atoms with E-state index in [9.17, 15) is 0 Å². The number of aromatic amines is 1. The van der Waals surface area contributed by atoms with Crippen LogP contribution in [-0.4, -0.2) is 28.2 Å². The molecule has 23 heavy (non-hydrogen) atoms. The second kappa shape index (κ2) is 7.20. The van der Waals surface area contributed by atoms with Crippen LogP contribution in [0.15, 0.2) is 45.3 Å². The molecule has 0 amide bonds. The third-order valence-corrected chi connectivity index (χ3v) is 5.02. The number of nitrogens with zero attached hydrogens (tertiary/aromatic N) is 3. The highest BCUT2D eigenvalue weighted by molar-refractivity contribution is 9.10. The molecule has 0 unspecified atom stereocenters. The number of H-pyrrole nitrogens is 1. The van der Waals surface area contributed by atoms with Gasteiger partial charge >= 0.3 is 0 Å². The van der Waals surface area contributed by atoms with E-state index < -0.39 is 0 Å². The number of methoxy groups -OCH3 is 1. The van der Waals surface area contributed by atoms with Gasteiger partial charge in [-0.1, -0.05) is 12.1 Å². The standard InChI is InChI=1S/C15H13BrN4OS2/c1-21-12-4-2-10(3-5-12)6-14-18-19-15(22)20(14)17-8-13-7-11(16)9-23-13/h2-5,7-9H,6H2,1H3,(H,19,22)/b17-8-. The topological polar surface area (TPSA) is 55.2 Å². The summed E-state index contributed by atoms with van der Waals surface area (Å²) in [7, 11) is 1.65. The zero-order chi connectivity index (χ0) is 16.2. The lowest BCUT2D eigenvalue weighted by molar-refractivity contribution is 0.414. The molecule has 2 aromatic heterocycles. The van der Waals surface area contributed by atoms with Gasteiger partial charge in [-0.25, -0.2) is 0 Å². The predicted molar refractivity (Wildman–Crippen MR) is 98.2 cm³/mol. The predicted octanol–water partition coefficient (Wildman–Crippen LogP) is 4.25. The summed E-state index contributed by atoms with van der Waals surface area (Å²) < 4.78 is 8.33. The van der Waals surface area contributed by atoms with Gasteiger partial charge in [0.15, 0.2) is 5.82 Å². The lowest BCUT2D eigenvalue weighted by atomic mass is 10.1. The summed E-state index contributed by atoms with van der Waals surface area (Å²) in [4.78, 5) is 1.04. The van der Waals surface area contributed by atoms with Crippen molar-refractivity contribution in [1.82, 2.24) is 14.9 Å². The molecule has 0 aliphatic rings. The number of hydrogen-bond acceptors (Lipinski definition) is 5. The van der Waals surface area contributed by atoms with Crippen LogP contribution in [0.2, 0.25) is 0 Å². The average molecular weight is 409 g/mol. The second-order valence-corrected chi connectivity index (χ2v) is 6.94. The van der Waals surface area contributed by atoms with Gasteiger partial charge in [0, 0.05) is 21.2 Å². The van der Waals surface area contributed by atoms with Gasteiger partial charge in [-0.2, -0.15) is 14.9 Å². The van der Waals surface area contributed by atoms with Crippen LogP contribution in [0.3, 0.4) is 0 Å². The van der Waals surface area contributed by atoms with Crippen molar-refractivity contribution in [2.75, 3.05) is 7.11 Å². The van der Waals surface area contributed by atoms with Crippen molar-refractivity contribution in [3.05, 3.63) is 61.2 Å². The molecule has 0 atom stereocenters. The van der Waals surface area contributed by atoms with Crippen molar-refractivity contribution in [2.45, 2.75) is 6.42 Å². The lowest BCUT2D eigenvalue weighted by Crippen LogP contribution is -2.00. The minimum Gasteiger partial charge on any atom is -0.497 e. The number of rotatable bonds is 5. The fourth-order valence-corrected chi connectivity index (χ4v) is 3.49. The van der Waals surface area contributed by atoms with Gasteiger partial charge in [-0.3, -0.25) is 5.10 Å². The maximum absolute atomic E-state index is 5.25. The van der Waals surface area contributed by atoms with E-state index in [0.717, 1.165) is 26.5 Å². The Bertz CT molecular complexity index is 880. The fraction of sp³-hybridized carbons (Fsp3) is 0.133. The molecule has 3 aromatic rings. The molecule has 0 spiro atoms. The van der Waals surface area contributed by atoms with E-state index in [2.05, 4.69) is 31.2 Å². The van der Waals surface area contributed by atoms with Crippen molar-refractivity contribution < 1.29 is 4.74 Å². The van der Waals surface area contributed by atoms with Crippen LogP contribution in [-0.2, 0) is 6.42 Å². The minimum absolute atomic E-state index is 0.473. The quantitative estimate of drug-likeness (QED) is 0.507. The molecule has 0 fully saturated rings. The monoisotopic (exact) mass is 408 g/mol. The van der Waals surface area contributed by atoms with Gasteiger partial charge in [0.05, 0.1) is 13.3 Å². The Labute approximate surface area is 150 Å². The number of benzene rings is 1. The van der Waals surface area contributed by atoms with Crippen LogP contribution >= 0.6 is 39.5 Å². The van der Waals surface area contributed by atoms with Crippen LogP contribution in [0, 0.1) is 4.77 Å². The molecule has 5 nitrogen and oxygen atoms in total. The highest BCUT2D eigenvalue weighted by Gasteiger charge is 2.07. The van der Waals surface area contributed by atoms with Gasteiger partial charge in [-0.05, 0) is 51.9 Å². The summed E-state index contributed by atoms with van der Waals surface area (Å²) in [5, 5.41) is 13.5. The first-order valence-electron chi connectivity index (χ1n) is 6.73. The molecule has 1 N–H and O–H groups in total. The third-order valence-electron chi connectivity index (χ3n) is 3.13. The van der Waals surface area contributed by atoms with Crippen LogP contribution < -0.4 is 4.74 Å². The number of nitrogens with one attached hydrogen (secondary N) is 1. The van der Waals surface area contributed by atoms with E-state index >= 15 is 0 Å². The molecule has 3 rings (SSSR count). The maximum atomic E-state index is 5.25. The van der Waals surface area contributed by atoms with E-state index in [4.69, 9.17) is 17.0 Å². The summed E-state index contributed by atoms with van der Waals surface area (Å²) in [6.07, 6.45) is 2.40. The number of ether oxygens (including phenoxy) is 1. The molecule has 0 saturated heterocycles. The maximum Gasteiger partial charge on any atom is 0.216 e. The van der Waals surface area contributed by atoms with Crippen molar-refractivity contribution >= 4 is 45.7 Å². The van der Waals surface area contributed by atoms with Crippen LogP contribution in [0.25, 0.3) is 0 Å². The zero-order valence-corrected chi connectivity index (χ0v) is 15.4. The third kappa shape index (κ3) is 3.95. The molecular weight excluding hydrogens is 396 g/mol. The molecule has 0 saturated carbocycles. The average Bonchev–Trinajstić information content (AvgIpc) is 3.12. The van der Waals surface area contributed by atoms with E-state index in [-0.39, 0.29) is 0 Å². The smallest absolute Gasteiger partial charge is 0.216 e. The van der Waals surface area contributed by atoms with Crippen LogP contribution in [0.1, 0.15) is 16.3 Å². The van der Waals surface area contributed by atoms with Gasteiger partial charge in [0.1, 0.15) is 5.75 Å². The molecule has 118 valence electrons. The Hall–Kier alpha value is -1.77. The molecule has 8 heteroatoms. The van der Waals surface area contributed by atoms with Gasteiger partial charge in [-0.15, -0.1) is 11.3 Å². The summed E-state index contributed by atoms with van der Waals surface area (Å²) in [6.45, 7) is 0. The largest absolute Gasteiger partial charge is 0.497 e. The Morgan fingerprint density at radius 2 is 2.22 bits per heavy atom. The zero-order valence-electron chi connectivity index (χ0n) is 12.2.